The summed E-state index contributed by atoms with van der Waals surface area (Å²) in [5.41, 5.74) is 0. The van der Waals surface area contributed by atoms with Crippen LogP contribution in [-0.2, 0) is 14.5 Å². The Balaban J connectivity index is 6.81. The average molecular weight is 481 g/mol. The highest BCUT2D eigenvalue weighted by Crippen LogP contribution is 2.61. The van der Waals surface area contributed by atoms with Crippen LogP contribution in [0.4, 0.5) is 61.6 Å². The average Bonchev–Trinajstić information content (AvgIpc) is 2.41. The third-order valence-corrected chi connectivity index (χ3v) is 3.33. The lowest BCUT2D eigenvalue weighted by Gasteiger charge is -2.42. The standard InChI is InChI=1S/C8Cl2F14O3/c9-3(12,6(10,16)17)4(13,14)5(15,8(21,22)23)27-2(11,1(25)26-24)7(18,19)20. The van der Waals surface area contributed by atoms with Gasteiger partial charge in [0, 0.05) is 4.53 Å². The molecule has 0 aliphatic rings. The van der Waals surface area contributed by atoms with Crippen LogP contribution in [0.5, 0.6) is 0 Å². The van der Waals surface area contributed by atoms with E-state index in [0.717, 1.165) is 0 Å². The van der Waals surface area contributed by atoms with Crippen molar-refractivity contribution in [3.05, 3.63) is 0 Å². The van der Waals surface area contributed by atoms with E-state index in [9.17, 15) is 66.4 Å². The van der Waals surface area contributed by atoms with Gasteiger partial charge in [0.2, 0.25) is 0 Å². The third-order valence-electron chi connectivity index (χ3n) is 2.50. The Morgan fingerprint density at radius 3 is 1.30 bits per heavy atom. The van der Waals surface area contributed by atoms with E-state index >= 15 is 0 Å². The number of carbonyl (C=O) groups excluding carboxylic acids is 1. The molecule has 0 spiro atoms. The van der Waals surface area contributed by atoms with Crippen LogP contribution >= 0.6 is 23.2 Å². The lowest BCUT2D eigenvalue weighted by Crippen LogP contribution is -2.71. The van der Waals surface area contributed by atoms with Crippen LogP contribution in [0.3, 0.4) is 0 Å². The summed E-state index contributed by atoms with van der Waals surface area (Å²) >= 11 is 7.38. The predicted octanol–water partition coefficient (Wildman–Crippen LogP) is 5.26. The van der Waals surface area contributed by atoms with E-state index in [-0.39, 0.29) is 0 Å². The summed E-state index contributed by atoms with van der Waals surface area (Å²) in [5, 5.41) is -13.1. The highest BCUT2D eigenvalue weighted by Gasteiger charge is 2.88. The zero-order valence-corrected chi connectivity index (χ0v) is 12.8. The summed E-state index contributed by atoms with van der Waals surface area (Å²) in [6, 6.07) is 0. The first-order chi connectivity index (χ1) is 11.4. The lowest BCUT2D eigenvalue weighted by atomic mass is 10.0. The molecule has 3 nitrogen and oxygen atoms in total. The maximum absolute atomic E-state index is 13.7. The summed E-state index contributed by atoms with van der Waals surface area (Å²) in [4.78, 5) is 11.9. The molecule has 0 aliphatic carbocycles. The zero-order valence-electron chi connectivity index (χ0n) is 11.3. The maximum Gasteiger partial charge on any atom is 0.460 e. The van der Waals surface area contributed by atoms with Crippen molar-refractivity contribution in [2.75, 3.05) is 0 Å². The Morgan fingerprint density at radius 2 is 1.07 bits per heavy atom. The van der Waals surface area contributed by atoms with Gasteiger partial charge in [-0.3, -0.25) is 4.74 Å². The van der Waals surface area contributed by atoms with Crippen LogP contribution < -0.4 is 0 Å². The number of carbonyl (C=O) groups is 1. The molecule has 0 fully saturated rings. The molecule has 3 unspecified atom stereocenters. The van der Waals surface area contributed by atoms with E-state index < -0.39 is 46.5 Å². The second-order valence-electron chi connectivity index (χ2n) is 4.30. The van der Waals surface area contributed by atoms with E-state index in [4.69, 9.17) is 0 Å². The molecular formula is C8Cl2F14O3. The number of alkyl halides is 15. The molecular weight excluding hydrogens is 481 g/mol. The maximum atomic E-state index is 13.7. The Labute approximate surface area is 147 Å². The molecule has 0 saturated carbocycles. The van der Waals surface area contributed by atoms with Crippen molar-refractivity contribution in [1.29, 1.82) is 0 Å². The van der Waals surface area contributed by atoms with Gasteiger partial charge in [-0.15, -0.1) is 0 Å². The molecule has 0 N–H and O–H groups in total. The van der Waals surface area contributed by atoms with E-state index in [1.165, 1.54) is 4.94 Å². The van der Waals surface area contributed by atoms with Crippen LogP contribution in [0.2, 0.25) is 0 Å². The van der Waals surface area contributed by atoms with Crippen LogP contribution in [0.25, 0.3) is 0 Å². The smallest absolute Gasteiger partial charge is 0.280 e. The summed E-state index contributed by atoms with van der Waals surface area (Å²) in [6.07, 6.45) is -15.0. The van der Waals surface area contributed by atoms with Gasteiger partial charge in [-0.2, -0.15) is 52.7 Å². The van der Waals surface area contributed by atoms with Gasteiger partial charge in [0.15, 0.2) is 0 Å². The number of halogens is 16. The summed E-state index contributed by atoms with van der Waals surface area (Å²) in [5.74, 6) is -26.7. The van der Waals surface area contributed by atoms with Gasteiger partial charge >= 0.3 is 46.5 Å². The molecule has 0 aromatic heterocycles. The number of hydrogen-bond acceptors (Lipinski definition) is 3. The zero-order chi connectivity index (χ0) is 22.5. The molecule has 19 heteroatoms. The minimum Gasteiger partial charge on any atom is -0.280 e. The molecule has 0 radical (unpaired) electrons. The quantitative estimate of drug-likeness (QED) is 0.384. The molecule has 162 valence electrons. The van der Waals surface area contributed by atoms with Crippen molar-refractivity contribution in [1.82, 2.24) is 0 Å². The lowest BCUT2D eigenvalue weighted by molar-refractivity contribution is -0.475. The van der Waals surface area contributed by atoms with Gasteiger partial charge in [0.05, 0.1) is 0 Å². The molecule has 3 atom stereocenters. The number of rotatable bonds is 6. The van der Waals surface area contributed by atoms with Gasteiger partial charge in [-0.05, 0) is 11.6 Å². The number of ether oxygens (including phenoxy) is 1. The van der Waals surface area contributed by atoms with Gasteiger partial charge in [0.1, 0.15) is 0 Å². The van der Waals surface area contributed by atoms with Crippen molar-refractivity contribution in [2.24, 2.45) is 0 Å². The van der Waals surface area contributed by atoms with E-state index in [1.54, 1.807) is 4.74 Å². The molecule has 0 aromatic rings. The largest absolute Gasteiger partial charge is 0.460 e. The first kappa shape index (κ1) is 26.0. The van der Waals surface area contributed by atoms with Gasteiger partial charge < -0.3 is 0 Å². The summed E-state index contributed by atoms with van der Waals surface area (Å²) in [7, 11) is 0. The first-order valence-electron chi connectivity index (χ1n) is 5.31. The Bertz CT molecular complexity index is 568. The van der Waals surface area contributed by atoms with Crippen molar-refractivity contribution < 1.29 is 76.1 Å². The minimum absolute atomic E-state index is 1.53. The van der Waals surface area contributed by atoms with Crippen molar-refractivity contribution in [3.8, 4) is 0 Å². The minimum atomic E-state index is -7.77. The van der Waals surface area contributed by atoms with E-state index in [0.29, 0.717) is 0 Å². The van der Waals surface area contributed by atoms with Crippen LogP contribution in [0, 0.1) is 0 Å². The first-order valence-corrected chi connectivity index (χ1v) is 6.06. The topological polar surface area (TPSA) is 35.5 Å². The second-order valence-corrected chi connectivity index (χ2v) is 5.29. The Kier molecular flexibility index (Phi) is 6.58. The normalized spacial score (nSPS) is 21.0. The fourth-order valence-corrected chi connectivity index (χ4v) is 1.38. The van der Waals surface area contributed by atoms with Gasteiger partial charge in [-0.25, -0.2) is 14.1 Å². The van der Waals surface area contributed by atoms with E-state index in [2.05, 4.69) is 23.2 Å². The molecule has 27 heavy (non-hydrogen) atoms. The van der Waals surface area contributed by atoms with Crippen molar-refractivity contribution >= 4 is 29.2 Å². The predicted molar refractivity (Wildman–Crippen MR) is 53.5 cm³/mol. The summed E-state index contributed by atoms with van der Waals surface area (Å²) < 4.78 is 180. The molecule has 0 saturated heterocycles. The molecule has 0 amide bonds. The van der Waals surface area contributed by atoms with Crippen molar-refractivity contribution in [3.63, 3.8) is 0 Å². The summed E-state index contributed by atoms with van der Waals surface area (Å²) in [6.45, 7) is 0. The third kappa shape index (κ3) is 3.94. The number of hydrogen-bond donors (Lipinski definition) is 0. The fourth-order valence-electron chi connectivity index (χ4n) is 1.14. The fraction of sp³-hybridized carbons (Fsp3) is 0.875. The van der Waals surface area contributed by atoms with Crippen LogP contribution in [0.15, 0.2) is 0 Å². The van der Waals surface area contributed by atoms with Crippen molar-refractivity contribution in [2.45, 2.75) is 40.5 Å². The second kappa shape index (κ2) is 6.82. The van der Waals surface area contributed by atoms with Crippen LogP contribution in [-0.4, -0.2) is 46.5 Å². The van der Waals surface area contributed by atoms with Crippen LogP contribution in [0.1, 0.15) is 0 Å². The highest BCUT2D eigenvalue weighted by molar-refractivity contribution is 6.33. The molecule has 0 bridgehead atoms. The monoisotopic (exact) mass is 480 g/mol. The Morgan fingerprint density at radius 1 is 0.704 bits per heavy atom. The highest BCUT2D eigenvalue weighted by atomic mass is 35.5. The molecule has 0 rings (SSSR count). The van der Waals surface area contributed by atoms with E-state index in [1.807, 2.05) is 0 Å². The van der Waals surface area contributed by atoms with Gasteiger partial charge in [0.25, 0.3) is 0 Å². The molecule has 0 aromatic carbocycles. The molecule has 0 aliphatic heterocycles. The molecule has 0 heterocycles. The van der Waals surface area contributed by atoms with Gasteiger partial charge in [-0.1, -0.05) is 11.6 Å². The Hall–Kier alpha value is -0.970. The SMILES string of the molecule is O=C(OF)C(F)(OC(F)(C(F)(F)F)C(F)(F)C(F)(Cl)C(F)(F)Cl)C(F)(F)F.